The van der Waals surface area contributed by atoms with Gasteiger partial charge in [-0.15, -0.1) is 11.3 Å². The van der Waals surface area contributed by atoms with Gasteiger partial charge in [0.15, 0.2) is 0 Å². The lowest BCUT2D eigenvalue weighted by atomic mass is 9.84. The maximum atomic E-state index is 12.3. The highest BCUT2D eigenvalue weighted by molar-refractivity contribution is 7.91. The molecule has 2 rings (SSSR count). The first-order chi connectivity index (χ1) is 9.38. The molecule has 0 atom stereocenters. The Bertz CT molecular complexity index is 587. The van der Waals surface area contributed by atoms with Gasteiger partial charge in [0.05, 0.1) is 4.88 Å². The minimum absolute atomic E-state index is 0.135. The van der Waals surface area contributed by atoms with Crippen molar-refractivity contribution in [2.75, 3.05) is 6.54 Å². The third kappa shape index (κ3) is 3.39. The van der Waals surface area contributed by atoms with E-state index in [9.17, 15) is 8.42 Å². The monoisotopic (exact) mass is 332 g/mol. The van der Waals surface area contributed by atoms with E-state index in [0.717, 1.165) is 30.6 Å². The van der Waals surface area contributed by atoms with Gasteiger partial charge in [-0.05, 0) is 36.8 Å². The van der Waals surface area contributed by atoms with Crippen molar-refractivity contribution < 1.29 is 8.42 Å². The molecular formula is C13H20N2O2S3. The number of sulfonamides is 1. The van der Waals surface area contributed by atoms with Crippen molar-refractivity contribution in [1.29, 1.82) is 0 Å². The van der Waals surface area contributed by atoms with E-state index < -0.39 is 10.0 Å². The second-order valence-electron chi connectivity index (χ2n) is 5.37. The van der Waals surface area contributed by atoms with Gasteiger partial charge in [0.1, 0.15) is 9.20 Å². The summed E-state index contributed by atoms with van der Waals surface area (Å²) in [4.78, 5) is 0.865. The van der Waals surface area contributed by atoms with Crippen LogP contribution in [-0.2, 0) is 10.0 Å². The Hall–Kier alpha value is -0.500. The number of thiocarbonyl (C=S) groups is 1. The van der Waals surface area contributed by atoms with Crippen molar-refractivity contribution >= 4 is 38.6 Å². The predicted molar refractivity (Wildman–Crippen MR) is 86.6 cm³/mol. The van der Waals surface area contributed by atoms with E-state index >= 15 is 0 Å². The molecule has 0 spiro atoms. The van der Waals surface area contributed by atoms with E-state index in [1.54, 1.807) is 12.1 Å². The van der Waals surface area contributed by atoms with Crippen molar-refractivity contribution in [3.05, 3.63) is 17.0 Å². The maximum absolute atomic E-state index is 12.3. The van der Waals surface area contributed by atoms with E-state index in [2.05, 4.69) is 11.6 Å². The molecule has 1 aliphatic rings. The zero-order valence-corrected chi connectivity index (χ0v) is 14.0. The molecule has 1 aromatic rings. The Balaban J connectivity index is 2.08. The van der Waals surface area contributed by atoms with Gasteiger partial charge in [-0.3, -0.25) is 0 Å². The third-order valence-electron chi connectivity index (χ3n) is 4.14. The van der Waals surface area contributed by atoms with E-state index in [-0.39, 0.29) is 14.6 Å². The predicted octanol–water partition coefficient (Wildman–Crippen LogP) is 2.63. The zero-order chi connectivity index (χ0) is 14.8. The maximum Gasteiger partial charge on any atom is 0.250 e. The lowest BCUT2D eigenvalue weighted by molar-refractivity contribution is 0.286. The average molecular weight is 333 g/mol. The van der Waals surface area contributed by atoms with Gasteiger partial charge in [-0.2, -0.15) is 0 Å². The van der Waals surface area contributed by atoms with Crippen LogP contribution in [0.25, 0.3) is 0 Å². The molecule has 4 nitrogen and oxygen atoms in total. The fraction of sp³-hybridized carbons (Fsp3) is 0.615. The molecule has 0 unspecified atom stereocenters. The van der Waals surface area contributed by atoms with Crippen LogP contribution in [0.15, 0.2) is 16.3 Å². The molecule has 1 aliphatic carbocycles. The number of nitrogens with two attached hydrogens (primary N) is 1. The van der Waals surface area contributed by atoms with Gasteiger partial charge in [-0.25, -0.2) is 13.1 Å². The van der Waals surface area contributed by atoms with Crippen molar-refractivity contribution in [2.24, 2.45) is 11.1 Å². The summed E-state index contributed by atoms with van der Waals surface area (Å²) in [5.41, 5.74) is 5.65. The quantitative estimate of drug-likeness (QED) is 0.786. The van der Waals surface area contributed by atoms with Gasteiger partial charge in [0, 0.05) is 6.54 Å². The topological polar surface area (TPSA) is 72.2 Å². The minimum atomic E-state index is -3.46. The Morgan fingerprint density at radius 3 is 2.60 bits per heavy atom. The number of nitrogens with one attached hydrogen (secondary N) is 1. The van der Waals surface area contributed by atoms with Crippen molar-refractivity contribution in [3.63, 3.8) is 0 Å². The third-order valence-corrected chi connectivity index (χ3v) is 7.50. The Kier molecular flexibility index (Phi) is 4.84. The van der Waals surface area contributed by atoms with Gasteiger partial charge < -0.3 is 5.73 Å². The largest absolute Gasteiger partial charge is 0.389 e. The highest BCUT2D eigenvalue weighted by Crippen LogP contribution is 2.40. The summed E-state index contributed by atoms with van der Waals surface area (Å²) < 4.78 is 27.6. The van der Waals surface area contributed by atoms with Crippen LogP contribution in [0.2, 0.25) is 0 Å². The Labute approximate surface area is 129 Å². The molecule has 0 amide bonds. The van der Waals surface area contributed by atoms with Crippen molar-refractivity contribution in [1.82, 2.24) is 4.72 Å². The summed E-state index contributed by atoms with van der Waals surface area (Å²) in [5, 5.41) is 0. The first-order valence-electron chi connectivity index (χ1n) is 6.78. The summed E-state index contributed by atoms with van der Waals surface area (Å²) in [7, 11) is -3.46. The normalized spacial score (nSPS) is 18.2. The lowest BCUT2D eigenvalue weighted by Crippen LogP contribution is -2.35. The number of hydrogen-bond donors (Lipinski definition) is 2. The van der Waals surface area contributed by atoms with Crippen LogP contribution < -0.4 is 10.5 Å². The van der Waals surface area contributed by atoms with Crippen LogP contribution in [0.3, 0.4) is 0 Å². The highest BCUT2D eigenvalue weighted by Gasteiger charge is 2.33. The number of rotatable bonds is 6. The summed E-state index contributed by atoms with van der Waals surface area (Å²) in [6, 6.07) is 3.22. The van der Waals surface area contributed by atoms with Gasteiger partial charge in [0.25, 0.3) is 0 Å². The molecule has 0 aromatic carbocycles. The molecule has 3 N–H and O–H groups in total. The Morgan fingerprint density at radius 2 is 2.10 bits per heavy atom. The fourth-order valence-corrected chi connectivity index (χ4v) is 5.25. The number of hydrogen-bond acceptors (Lipinski definition) is 4. The summed E-state index contributed by atoms with van der Waals surface area (Å²) in [5.74, 6) is 0. The fourth-order valence-electron chi connectivity index (χ4n) is 2.70. The summed E-state index contributed by atoms with van der Waals surface area (Å²) in [6.07, 6.45) is 5.61. The van der Waals surface area contributed by atoms with Crippen molar-refractivity contribution in [2.45, 2.75) is 43.2 Å². The second-order valence-corrected chi connectivity index (χ2v) is 8.89. The molecule has 20 heavy (non-hydrogen) atoms. The molecule has 1 fully saturated rings. The van der Waals surface area contributed by atoms with Crippen LogP contribution in [0, 0.1) is 5.41 Å². The molecule has 0 saturated heterocycles. The zero-order valence-electron chi connectivity index (χ0n) is 11.5. The van der Waals surface area contributed by atoms with Gasteiger partial charge in [-0.1, -0.05) is 32.0 Å². The van der Waals surface area contributed by atoms with Crippen LogP contribution in [0.4, 0.5) is 0 Å². The first-order valence-corrected chi connectivity index (χ1v) is 9.49. The van der Waals surface area contributed by atoms with E-state index in [1.807, 2.05) is 0 Å². The molecular weight excluding hydrogens is 312 g/mol. The summed E-state index contributed by atoms with van der Waals surface area (Å²) in [6.45, 7) is 2.65. The smallest absolute Gasteiger partial charge is 0.250 e. The van der Waals surface area contributed by atoms with Crippen LogP contribution >= 0.6 is 23.6 Å². The molecule has 112 valence electrons. The molecule has 7 heteroatoms. The van der Waals surface area contributed by atoms with Crippen LogP contribution in [0.1, 0.15) is 43.9 Å². The summed E-state index contributed by atoms with van der Waals surface area (Å²) >= 11 is 5.98. The van der Waals surface area contributed by atoms with Crippen LogP contribution in [-0.4, -0.2) is 20.0 Å². The molecule has 1 heterocycles. The second kappa shape index (κ2) is 6.09. The molecule has 0 bridgehead atoms. The SMILES string of the molecule is CCC1(CNS(=O)(=O)c2ccc(C(N)=S)s2)CCCC1. The molecule has 0 aliphatic heterocycles. The van der Waals surface area contributed by atoms with E-state index in [4.69, 9.17) is 18.0 Å². The van der Waals surface area contributed by atoms with Gasteiger partial charge in [0.2, 0.25) is 10.0 Å². The highest BCUT2D eigenvalue weighted by atomic mass is 32.2. The molecule has 0 radical (unpaired) electrons. The van der Waals surface area contributed by atoms with Gasteiger partial charge >= 0.3 is 0 Å². The van der Waals surface area contributed by atoms with Crippen molar-refractivity contribution in [3.8, 4) is 0 Å². The average Bonchev–Trinajstić information content (AvgIpc) is 3.07. The minimum Gasteiger partial charge on any atom is -0.389 e. The van der Waals surface area contributed by atoms with Crippen LogP contribution in [0.5, 0.6) is 0 Å². The van der Waals surface area contributed by atoms with E-state index in [0.29, 0.717) is 11.4 Å². The molecule has 1 aromatic heterocycles. The number of thiophene rings is 1. The van der Waals surface area contributed by atoms with E-state index in [1.165, 1.54) is 12.8 Å². The molecule has 1 saturated carbocycles. The lowest BCUT2D eigenvalue weighted by Gasteiger charge is -2.27. The Morgan fingerprint density at radius 1 is 1.45 bits per heavy atom. The first kappa shape index (κ1) is 15.9. The standard InChI is InChI=1S/C13H20N2O2S3/c1-2-13(7-3-4-8-13)9-15-20(16,17)11-6-5-10(19-11)12(14)18/h5-6,15H,2-4,7-9H2,1H3,(H2,14,18).